The van der Waals surface area contributed by atoms with Gasteiger partial charge in [0.15, 0.2) is 0 Å². The molecule has 1 saturated carbocycles. The molecule has 0 bridgehead atoms. The minimum absolute atomic E-state index is 0.0489. The van der Waals surface area contributed by atoms with Gasteiger partial charge in [-0.2, -0.15) is 0 Å². The first-order valence-electron chi connectivity index (χ1n) is 11.2. The average Bonchev–Trinajstić information content (AvgIpc) is 3.13. The molecule has 1 heterocycles. The molecule has 5 nitrogen and oxygen atoms in total. The lowest BCUT2D eigenvalue weighted by Crippen LogP contribution is -2.39. The number of nitrogens with one attached hydrogen (secondary N) is 2. The van der Waals surface area contributed by atoms with Gasteiger partial charge < -0.3 is 10.6 Å². The molecule has 1 aromatic carbocycles. The Kier molecular flexibility index (Phi) is 7.31. The van der Waals surface area contributed by atoms with Crippen LogP contribution in [0.2, 0.25) is 5.02 Å². The van der Waals surface area contributed by atoms with Crippen molar-refractivity contribution in [3.63, 3.8) is 0 Å². The number of rotatable bonds is 6. The number of nitrogens with zero attached hydrogens (tertiary/aromatic N) is 1. The number of likely N-dealkylation sites (N-methyl/N-ethyl adjacent to an activating group) is 1. The fourth-order valence-electron chi connectivity index (χ4n) is 4.66. The van der Waals surface area contributed by atoms with Crippen molar-refractivity contribution in [3.05, 3.63) is 45.3 Å². The van der Waals surface area contributed by atoms with E-state index in [9.17, 15) is 9.59 Å². The maximum atomic E-state index is 13.2. The quantitative estimate of drug-likeness (QED) is 0.579. The molecule has 0 unspecified atom stereocenters. The van der Waals surface area contributed by atoms with Gasteiger partial charge >= 0.3 is 0 Å². The number of fused-ring (bicyclic) bond motifs is 1. The van der Waals surface area contributed by atoms with Crippen molar-refractivity contribution < 1.29 is 9.59 Å². The number of halogens is 1. The normalized spacial score (nSPS) is 16.7. The molecule has 0 atom stereocenters. The monoisotopic (exact) mass is 459 g/mol. The molecular weight excluding hydrogens is 430 g/mol. The summed E-state index contributed by atoms with van der Waals surface area (Å²) in [6.07, 6.45) is 10.1. The number of aryl methyl sites for hydroxylation is 1. The second kappa shape index (κ2) is 10.2. The van der Waals surface area contributed by atoms with E-state index in [1.54, 1.807) is 35.6 Å². The van der Waals surface area contributed by atoms with Crippen LogP contribution < -0.4 is 10.6 Å². The highest BCUT2D eigenvalue weighted by Crippen LogP contribution is 2.38. The minimum atomic E-state index is -0.169. The molecule has 31 heavy (non-hydrogen) atoms. The van der Waals surface area contributed by atoms with Crippen molar-refractivity contribution in [2.24, 2.45) is 0 Å². The van der Waals surface area contributed by atoms with Gasteiger partial charge in [0.1, 0.15) is 5.00 Å². The summed E-state index contributed by atoms with van der Waals surface area (Å²) >= 11 is 7.52. The summed E-state index contributed by atoms with van der Waals surface area (Å²) < 4.78 is 0. The van der Waals surface area contributed by atoms with Gasteiger partial charge in [0, 0.05) is 21.6 Å². The van der Waals surface area contributed by atoms with E-state index in [0.717, 1.165) is 44.1 Å². The van der Waals surface area contributed by atoms with Gasteiger partial charge in [-0.3, -0.25) is 14.5 Å². The molecule has 0 saturated heterocycles. The fourth-order valence-corrected chi connectivity index (χ4v) is 6.09. The summed E-state index contributed by atoms with van der Waals surface area (Å²) in [5.74, 6) is -0.218. The number of hydrogen-bond acceptors (Lipinski definition) is 4. The Morgan fingerprint density at radius 1 is 1.03 bits per heavy atom. The molecule has 0 spiro atoms. The fraction of sp³-hybridized carbons (Fsp3) is 0.500. The van der Waals surface area contributed by atoms with Gasteiger partial charge in [-0.15, -0.1) is 11.3 Å². The van der Waals surface area contributed by atoms with Crippen molar-refractivity contribution in [3.8, 4) is 0 Å². The standard InChI is InChI=1S/C24H30ClN3O2S/c1-28(18-7-3-2-4-8-18)15-21(29)27-24-22(19-9-5-6-10-20(19)31-24)23(30)26-17-13-11-16(25)12-14-17/h11-14,18H,2-10,15H2,1H3,(H,26,30)(H,27,29). The zero-order chi connectivity index (χ0) is 21.8. The predicted octanol–water partition coefficient (Wildman–Crippen LogP) is 5.74. The van der Waals surface area contributed by atoms with Crippen LogP contribution in [0.25, 0.3) is 0 Å². The molecule has 2 aliphatic rings. The van der Waals surface area contributed by atoms with Crippen LogP contribution in [-0.4, -0.2) is 36.3 Å². The van der Waals surface area contributed by atoms with Gasteiger partial charge in [-0.1, -0.05) is 30.9 Å². The molecule has 1 fully saturated rings. The zero-order valence-corrected chi connectivity index (χ0v) is 19.6. The van der Waals surface area contributed by atoms with E-state index in [1.165, 1.54) is 24.1 Å². The second-order valence-corrected chi connectivity index (χ2v) is 10.2. The summed E-state index contributed by atoms with van der Waals surface area (Å²) in [5.41, 5.74) is 2.42. The first kappa shape index (κ1) is 22.3. The second-order valence-electron chi connectivity index (χ2n) is 8.63. The Hall–Kier alpha value is -1.89. The Labute approximate surface area is 193 Å². The maximum Gasteiger partial charge on any atom is 0.258 e. The Morgan fingerprint density at radius 3 is 2.48 bits per heavy atom. The lowest BCUT2D eigenvalue weighted by molar-refractivity contribution is -0.117. The van der Waals surface area contributed by atoms with E-state index in [0.29, 0.717) is 33.9 Å². The smallest absolute Gasteiger partial charge is 0.258 e. The lowest BCUT2D eigenvalue weighted by Gasteiger charge is -2.30. The number of carbonyl (C=O) groups excluding carboxylic acids is 2. The number of carbonyl (C=O) groups is 2. The largest absolute Gasteiger partial charge is 0.322 e. The average molecular weight is 460 g/mol. The summed E-state index contributed by atoms with van der Waals surface area (Å²) in [5, 5.41) is 7.35. The van der Waals surface area contributed by atoms with E-state index in [1.807, 2.05) is 7.05 Å². The highest BCUT2D eigenvalue weighted by molar-refractivity contribution is 7.17. The van der Waals surface area contributed by atoms with Gasteiger partial charge in [-0.05, 0) is 75.4 Å². The lowest BCUT2D eigenvalue weighted by atomic mass is 9.94. The van der Waals surface area contributed by atoms with E-state index in [2.05, 4.69) is 15.5 Å². The first-order chi connectivity index (χ1) is 15.0. The third-order valence-corrected chi connectivity index (χ3v) is 7.80. The number of anilines is 2. The molecule has 2 amide bonds. The van der Waals surface area contributed by atoms with Gasteiger partial charge in [0.25, 0.3) is 5.91 Å². The molecule has 7 heteroatoms. The topological polar surface area (TPSA) is 61.4 Å². The van der Waals surface area contributed by atoms with Crippen molar-refractivity contribution in [2.75, 3.05) is 24.2 Å². The third-order valence-electron chi connectivity index (χ3n) is 6.34. The van der Waals surface area contributed by atoms with Crippen molar-refractivity contribution >= 4 is 45.4 Å². The highest BCUT2D eigenvalue weighted by Gasteiger charge is 2.27. The van der Waals surface area contributed by atoms with Gasteiger partial charge in [-0.25, -0.2) is 0 Å². The molecule has 2 aromatic rings. The summed E-state index contributed by atoms with van der Waals surface area (Å²) in [7, 11) is 2.03. The number of thiophene rings is 1. The van der Waals surface area contributed by atoms with Crippen molar-refractivity contribution in [2.45, 2.75) is 63.8 Å². The third kappa shape index (κ3) is 5.48. The Bertz CT molecular complexity index is 935. The van der Waals surface area contributed by atoms with Crippen LogP contribution in [-0.2, 0) is 17.6 Å². The molecule has 1 aromatic heterocycles. The number of hydrogen-bond donors (Lipinski definition) is 2. The van der Waals surface area contributed by atoms with Gasteiger partial charge in [0.05, 0.1) is 12.1 Å². The zero-order valence-electron chi connectivity index (χ0n) is 18.0. The number of benzene rings is 1. The summed E-state index contributed by atoms with van der Waals surface area (Å²) in [6.45, 7) is 0.353. The molecule has 0 aliphatic heterocycles. The summed E-state index contributed by atoms with van der Waals surface area (Å²) in [6, 6.07) is 7.56. The minimum Gasteiger partial charge on any atom is -0.322 e. The van der Waals surface area contributed by atoms with Crippen molar-refractivity contribution in [1.82, 2.24) is 4.90 Å². The van der Waals surface area contributed by atoms with E-state index >= 15 is 0 Å². The van der Waals surface area contributed by atoms with Crippen LogP contribution in [0, 0.1) is 0 Å². The van der Waals surface area contributed by atoms with Gasteiger partial charge in [0.2, 0.25) is 5.91 Å². The van der Waals surface area contributed by atoms with Crippen LogP contribution in [0.5, 0.6) is 0 Å². The Morgan fingerprint density at radius 2 is 1.74 bits per heavy atom. The van der Waals surface area contributed by atoms with Crippen LogP contribution in [0.3, 0.4) is 0 Å². The molecule has 166 valence electrons. The molecule has 4 rings (SSSR count). The molecule has 2 aliphatic carbocycles. The highest BCUT2D eigenvalue weighted by atomic mass is 35.5. The van der Waals surface area contributed by atoms with E-state index in [4.69, 9.17) is 11.6 Å². The number of amides is 2. The van der Waals surface area contributed by atoms with Crippen LogP contribution >= 0.6 is 22.9 Å². The van der Waals surface area contributed by atoms with Crippen LogP contribution in [0.1, 0.15) is 65.7 Å². The predicted molar refractivity (Wildman–Crippen MR) is 128 cm³/mol. The van der Waals surface area contributed by atoms with Crippen LogP contribution in [0.15, 0.2) is 24.3 Å². The van der Waals surface area contributed by atoms with Crippen molar-refractivity contribution in [1.29, 1.82) is 0 Å². The SMILES string of the molecule is CN(CC(=O)Nc1sc2c(c1C(=O)Nc1ccc(Cl)cc1)CCCC2)C1CCCCC1. The maximum absolute atomic E-state index is 13.2. The van der Waals surface area contributed by atoms with E-state index in [-0.39, 0.29) is 11.8 Å². The first-order valence-corrected chi connectivity index (χ1v) is 12.4. The van der Waals surface area contributed by atoms with Crippen LogP contribution in [0.4, 0.5) is 10.7 Å². The summed E-state index contributed by atoms with van der Waals surface area (Å²) in [4.78, 5) is 29.4. The Balaban J connectivity index is 1.50. The molecular formula is C24H30ClN3O2S. The molecule has 0 radical (unpaired) electrons. The van der Waals surface area contributed by atoms with E-state index < -0.39 is 0 Å². The molecule has 2 N–H and O–H groups in total.